The molecule has 2 nitrogen and oxygen atoms in total. The SMILES string of the molecule is CCSc1cccc(N(C)Cc2ccccc2C)c1CN. The van der Waals surface area contributed by atoms with Crippen molar-refractivity contribution >= 4 is 17.4 Å². The van der Waals surface area contributed by atoms with Crippen LogP contribution >= 0.6 is 11.8 Å². The minimum atomic E-state index is 0.580. The van der Waals surface area contributed by atoms with Gasteiger partial charge in [0.15, 0.2) is 0 Å². The molecule has 0 saturated heterocycles. The first kappa shape index (κ1) is 15.9. The highest BCUT2D eigenvalue weighted by molar-refractivity contribution is 7.99. The van der Waals surface area contributed by atoms with Crippen LogP contribution in [0.4, 0.5) is 5.69 Å². The summed E-state index contributed by atoms with van der Waals surface area (Å²) in [6.07, 6.45) is 0. The molecule has 0 amide bonds. The number of hydrogen-bond donors (Lipinski definition) is 1. The molecule has 0 heterocycles. The van der Waals surface area contributed by atoms with Gasteiger partial charge in [-0.3, -0.25) is 0 Å². The van der Waals surface area contributed by atoms with Crippen LogP contribution in [-0.4, -0.2) is 12.8 Å². The smallest absolute Gasteiger partial charge is 0.0428 e. The predicted octanol–water partition coefficient (Wildman–Crippen LogP) is 4.20. The molecule has 0 spiro atoms. The summed E-state index contributed by atoms with van der Waals surface area (Å²) in [5.41, 5.74) is 11.2. The molecule has 112 valence electrons. The van der Waals surface area contributed by atoms with Gasteiger partial charge in [-0.25, -0.2) is 0 Å². The van der Waals surface area contributed by atoms with Crippen LogP contribution in [0.5, 0.6) is 0 Å². The normalized spacial score (nSPS) is 10.7. The summed E-state index contributed by atoms with van der Waals surface area (Å²) >= 11 is 1.86. The molecule has 0 aliphatic rings. The van der Waals surface area contributed by atoms with Crippen LogP contribution in [0.15, 0.2) is 47.4 Å². The van der Waals surface area contributed by atoms with Crippen molar-refractivity contribution in [3.05, 3.63) is 59.2 Å². The number of benzene rings is 2. The van der Waals surface area contributed by atoms with Gasteiger partial charge in [0.2, 0.25) is 0 Å². The van der Waals surface area contributed by atoms with Crippen molar-refractivity contribution < 1.29 is 0 Å². The highest BCUT2D eigenvalue weighted by atomic mass is 32.2. The summed E-state index contributed by atoms with van der Waals surface area (Å²) in [5, 5.41) is 0. The molecule has 3 heteroatoms. The first-order chi connectivity index (χ1) is 10.2. The van der Waals surface area contributed by atoms with Gasteiger partial charge in [-0.2, -0.15) is 0 Å². The second-order valence-corrected chi connectivity index (χ2v) is 6.48. The van der Waals surface area contributed by atoms with E-state index < -0.39 is 0 Å². The van der Waals surface area contributed by atoms with E-state index in [1.54, 1.807) is 0 Å². The van der Waals surface area contributed by atoms with Gasteiger partial charge < -0.3 is 10.6 Å². The second-order valence-electron chi connectivity index (χ2n) is 5.17. The summed E-state index contributed by atoms with van der Waals surface area (Å²) in [6.45, 7) is 5.82. The lowest BCUT2D eigenvalue weighted by molar-refractivity contribution is 0.888. The number of rotatable bonds is 6. The van der Waals surface area contributed by atoms with Crippen LogP contribution in [0.25, 0.3) is 0 Å². The van der Waals surface area contributed by atoms with Crippen LogP contribution in [0, 0.1) is 6.92 Å². The molecule has 2 aromatic carbocycles. The fourth-order valence-corrected chi connectivity index (χ4v) is 3.38. The Bertz CT molecular complexity index is 596. The number of nitrogens with two attached hydrogens (primary N) is 1. The highest BCUT2D eigenvalue weighted by Gasteiger charge is 2.11. The quantitative estimate of drug-likeness (QED) is 0.811. The maximum atomic E-state index is 6.00. The third kappa shape index (κ3) is 3.80. The van der Waals surface area contributed by atoms with Crippen LogP contribution in [-0.2, 0) is 13.1 Å². The fourth-order valence-electron chi connectivity index (χ4n) is 2.54. The van der Waals surface area contributed by atoms with Crippen molar-refractivity contribution in [2.45, 2.75) is 31.8 Å². The summed E-state index contributed by atoms with van der Waals surface area (Å²) < 4.78 is 0. The van der Waals surface area contributed by atoms with E-state index in [4.69, 9.17) is 5.73 Å². The molecular formula is C18H24N2S. The third-order valence-electron chi connectivity index (χ3n) is 3.69. The summed E-state index contributed by atoms with van der Waals surface area (Å²) in [5.74, 6) is 1.07. The predicted molar refractivity (Wildman–Crippen MR) is 94.0 cm³/mol. The van der Waals surface area contributed by atoms with Gasteiger partial charge >= 0.3 is 0 Å². The number of hydrogen-bond acceptors (Lipinski definition) is 3. The van der Waals surface area contributed by atoms with Gasteiger partial charge in [-0.1, -0.05) is 37.3 Å². The Balaban J connectivity index is 2.28. The summed E-state index contributed by atoms with van der Waals surface area (Å²) in [4.78, 5) is 3.60. The van der Waals surface area contributed by atoms with Crippen LogP contribution in [0.3, 0.4) is 0 Å². The summed E-state index contributed by atoms with van der Waals surface area (Å²) in [7, 11) is 2.14. The van der Waals surface area contributed by atoms with Crippen molar-refractivity contribution in [3.63, 3.8) is 0 Å². The number of thioether (sulfide) groups is 1. The van der Waals surface area contributed by atoms with E-state index in [1.807, 2.05) is 11.8 Å². The van der Waals surface area contributed by atoms with Crippen molar-refractivity contribution in [1.29, 1.82) is 0 Å². The lowest BCUT2D eigenvalue weighted by Gasteiger charge is -2.24. The summed E-state index contributed by atoms with van der Waals surface area (Å²) in [6, 6.07) is 15.0. The molecule has 0 saturated carbocycles. The lowest BCUT2D eigenvalue weighted by atomic mass is 10.1. The van der Waals surface area contributed by atoms with E-state index in [2.05, 4.69) is 68.3 Å². The highest BCUT2D eigenvalue weighted by Crippen LogP contribution is 2.30. The van der Waals surface area contributed by atoms with E-state index in [0.717, 1.165) is 12.3 Å². The molecule has 0 aromatic heterocycles. The molecular weight excluding hydrogens is 276 g/mol. The number of anilines is 1. The average molecular weight is 300 g/mol. The van der Waals surface area contributed by atoms with Gasteiger partial charge in [0, 0.05) is 36.3 Å². The monoisotopic (exact) mass is 300 g/mol. The van der Waals surface area contributed by atoms with Gasteiger partial charge in [-0.15, -0.1) is 11.8 Å². The average Bonchev–Trinajstić information content (AvgIpc) is 2.49. The number of aryl methyl sites for hydroxylation is 1. The third-order valence-corrected chi connectivity index (χ3v) is 4.67. The maximum Gasteiger partial charge on any atom is 0.0428 e. The van der Waals surface area contributed by atoms with Crippen molar-refractivity contribution in [3.8, 4) is 0 Å². The van der Waals surface area contributed by atoms with E-state index in [0.29, 0.717) is 6.54 Å². The Morgan fingerprint density at radius 3 is 2.52 bits per heavy atom. The topological polar surface area (TPSA) is 29.3 Å². The van der Waals surface area contributed by atoms with E-state index in [9.17, 15) is 0 Å². The lowest BCUT2D eigenvalue weighted by Crippen LogP contribution is -2.20. The van der Waals surface area contributed by atoms with Gasteiger partial charge in [0.1, 0.15) is 0 Å². The van der Waals surface area contributed by atoms with E-state index >= 15 is 0 Å². The zero-order chi connectivity index (χ0) is 15.2. The fraction of sp³-hybridized carbons (Fsp3) is 0.333. The molecule has 2 rings (SSSR count). The van der Waals surface area contributed by atoms with Crippen LogP contribution in [0.2, 0.25) is 0 Å². The van der Waals surface area contributed by atoms with Crippen LogP contribution < -0.4 is 10.6 Å². The minimum absolute atomic E-state index is 0.580. The molecule has 0 fully saturated rings. The molecule has 2 aromatic rings. The Morgan fingerprint density at radius 1 is 1.10 bits per heavy atom. The molecule has 0 atom stereocenters. The Hall–Kier alpha value is -1.45. The molecule has 0 aliphatic carbocycles. The van der Waals surface area contributed by atoms with Crippen molar-refractivity contribution in [1.82, 2.24) is 0 Å². The standard InChI is InChI=1S/C18H24N2S/c1-4-21-18-11-7-10-17(16(18)12-19)20(3)13-15-9-6-5-8-14(15)2/h5-11H,4,12-13,19H2,1-3H3. The minimum Gasteiger partial charge on any atom is -0.370 e. The van der Waals surface area contributed by atoms with Gasteiger partial charge in [-0.05, 0) is 35.9 Å². The maximum absolute atomic E-state index is 6.00. The van der Waals surface area contributed by atoms with E-state index in [-0.39, 0.29) is 0 Å². The zero-order valence-electron chi connectivity index (χ0n) is 13.1. The molecule has 21 heavy (non-hydrogen) atoms. The van der Waals surface area contributed by atoms with Gasteiger partial charge in [0.05, 0.1) is 0 Å². The van der Waals surface area contributed by atoms with E-state index in [1.165, 1.54) is 27.3 Å². The Labute approximate surface area is 132 Å². The zero-order valence-corrected chi connectivity index (χ0v) is 13.9. The second kappa shape index (κ2) is 7.53. The number of nitrogens with zero attached hydrogens (tertiary/aromatic N) is 1. The first-order valence-corrected chi connectivity index (χ1v) is 8.36. The molecule has 0 radical (unpaired) electrons. The van der Waals surface area contributed by atoms with Crippen molar-refractivity contribution in [2.24, 2.45) is 5.73 Å². The van der Waals surface area contributed by atoms with Crippen molar-refractivity contribution in [2.75, 3.05) is 17.7 Å². The molecule has 2 N–H and O–H groups in total. The van der Waals surface area contributed by atoms with Crippen LogP contribution in [0.1, 0.15) is 23.6 Å². The van der Waals surface area contributed by atoms with Gasteiger partial charge in [0.25, 0.3) is 0 Å². The molecule has 0 bridgehead atoms. The molecule has 0 unspecified atom stereocenters. The Kier molecular flexibility index (Phi) is 5.71. The largest absolute Gasteiger partial charge is 0.370 e. The molecule has 0 aliphatic heterocycles. The first-order valence-electron chi connectivity index (χ1n) is 7.37. The Morgan fingerprint density at radius 2 is 1.86 bits per heavy atom.